The minimum atomic E-state index is -2.08. The number of nitrogens with two attached hydrogens (primary N) is 5. The number of aliphatic hydroxyl groups is 1. The molecule has 6 rings (SSSR count). The SMILES string of the molecule is N=C(N)NC(NC(=O)C(NC(=N)N)NC(=O)C(NC(=N)N)NC(=O)C(NC(=N)N)NC(=O)C(NC(=O)C(O)N(CC1=CC2=C3C(=CC=C4C=CC=C1C43)CC=C2)c1ncccn1)c1ccccc1)C(N)=O. The van der Waals surface area contributed by atoms with Gasteiger partial charge in [0.25, 0.3) is 29.5 Å². The molecule has 7 unspecified atom stereocenters. The number of nitrogens with zero attached hydrogens (tertiary/aromatic N) is 3. The van der Waals surface area contributed by atoms with Gasteiger partial charge in [-0.3, -0.25) is 50.4 Å². The van der Waals surface area contributed by atoms with Crippen LogP contribution in [0.5, 0.6) is 0 Å². The highest BCUT2D eigenvalue weighted by Crippen LogP contribution is 2.49. The van der Waals surface area contributed by atoms with Crippen molar-refractivity contribution < 1.29 is 33.9 Å². The van der Waals surface area contributed by atoms with Crippen LogP contribution in [0.25, 0.3) is 0 Å². The molecule has 71 heavy (non-hydrogen) atoms. The second-order valence-corrected chi connectivity index (χ2v) is 15.7. The molecule has 4 aliphatic carbocycles. The smallest absolute Gasteiger partial charge is 0.271 e. The van der Waals surface area contributed by atoms with E-state index in [0.29, 0.717) is 0 Å². The van der Waals surface area contributed by atoms with Gasteiger partial charge in [-0.2, -0.15) is 0 Å². The lowest BCUT2D eigenvalue weighted by atomic mass is 9.67. The molecule has 4 aliphatic rings. The predicted octanol–water partition coefficient (Wildman–Crippen LogP) is -5.18. The number of allylic oxidation sites excluding steroid dienone is 12. The Bertz CT molecular complexity index is 2750. The standard InChI is InChI=1S/C43H51N21O7/c44-28(65)29(60-39(45)46)56-34(67)31(62-41(49)50)58-36(69)32(63-42(51)52)59-35(68)30(61-40(47)48)57-33(66)27(21-7-2-1-3-8-21)55-37(70)38(71)64(43-53-15-6-16-54-43)18-23-17-22-11-4-9-19-13-14-20-10-5-12-24(23)26(20)25(19)22/h1-8,10-17,26-27,29-32,38,71H,9,18H2,(H2,44,65)(H,55,70)(H,56,67)(H,57,66)(H,58,69)(H,59,68)(H4,45,46,60)(H4,47,48,61)(H4,49,50,62)(H4,51,52,63). The first-order valence-corrected chi connectivity index (χ1v) is 21.2. The third-order valence-electron chi connectivity index (χ3n) is 10.7. The lowest BCUT2D eigenvalue weighted by Gasteiger charge is -2.39. The first kappa shape index (κ1) is 50.6. The second-order valence-electron chi connectivity index (χ2n) is 15.7. The van der Waals surface area contributed by atoms with Crippen LogP contribution in [0.4, 0.5) is 5.95 Å². The van der Waals surface area contributed by atoms with Gasteiger partial charge in [0.05, 0.1) is 0 Å². The number of carbonyl (C=O) groups excluding carboxylic acids is 6. The molecule has 1 aromatic heterocycles. The first-order valence-electron chi connectivity index (χ1n) is 21.2. The van der Waals surface area contributed by atoms with E-state index in [1.807, 2.05) is 35.7 Å². The Morgan fingerprint density at radius 1 is 0.648 bits per heavy atom. The molecule has 0 saturated heterocycles. The molecule has 370 valence electrons. The van der Waals surface area contributed by atoms with Crippen molar-refractivity contribution in [2.75, 3.05) is 11.4 Å². The number of primary amides is 1. The number of nitrogens with one attached hydrogen (secondary N) is 13. The Morgan fingerprint density at radius 2 is 1.18 bits per heavy atom. The van der Waals surface area contributed by atoms with Gasteiger partial charge < -0.3 is 86.5 Å². The summed E-state index contributed by atoms with van der Waals surface area (Å²) < 4.78 is 0. The van der Waals surface area contributed by atoms with Gasteiger partial charge in [0.2, 0.25) is 18.1 Å². The zero-order valence-electron chi connectivity index (χ0n) is 37.3. The highest BCUT2D eigenvalue weighted by Gasteiger charge is 2.39. The third kappa shape index (κ3) is 12.6. The van der Waals surface area contributed by atoms with Gasteiger partial charge >= 0.3 is 0 Å². The number of carbonyl (C=O) groups is 6. The number of aromatic nitrogens is 2. The zero-order valence-corrected chi connectivity index (χ0v) is 37.3. The molecule has 28 heteroatoms. The highest BCUT2D eigenvalue weighted by atomic mass is 16.3. The summed E-state index contributed by atoms with van der Waals surface area (Å²) in [5.41, 5.74) is 33.2. The van der Waals surface area contributed by atoms with Crippen molar-refractivity contribution in [2.24, 2.45) is 34.6 Å². The van der Waals surface area contributed by atoms with E-state index in [9.17, 15) is 33.9 Å². The number of rotatable bonds is 20. The molecular formula is C43H51N21O7. The molecule has 0 saturated carbocycles. The molecular weight excluding hydrogens is 923 g/mol. The van der Waals surface area contributed by atoms with Crippen LogP contribution in [0.15, 0.2) is 131 Å². The van der Waals surface area contributed by atoms with Crippen molar-refractivity contribution in [1.82, 2.24) is 57.8 Å². The average Bonchev–Trinajstić information content (AvgIpc) is 3.32. The lowest BCUT2D eigenvalue weighted by Crippen LogP contribution is -2.68. The summed E-state index contributed by atoms with van der Waals surface area (Å²) in [6.45, 7) is -0.0665. The van der Waals surface area contributed by atoms with E-state index in [2.05, 4.69) is 70.7 Å². The summed E-state index contributed by atoms with van der Waals surface area (Å²) in [5, 5.41) is 62.1. The van der Waals surface area contributed by atoms with Crippen LogP contribution >= 0.6 is 0 Å². The normalized spacial score (nSPS) is 17.3. The van der Waals surface area contributed by atoms with Gasteiger partial charge in [-0.15, -0.1) is 0 Å². The Kier molecular flexibility index (Phi) is 15.9. The lowest BCUT2D eigenvalue weighted by molar-refractivity contribution is -0.136. The van der Waals surface area contributed by atoms with Crippen molar-refractivity contribution in [3.8, 4) is 0 Å². The molecule has 1 aromatic carbocycles. The number of benzene rings is 1. The summed E-state index contributed by atoms with van der Waals surface area (Å²) >= 11 is 0. The summed E-state index contributed by atoms with van der Waals surface area (Å²) in [6, 6.07) is 7.57. The number of hydrogen-bond donors (Lipinski definition) is 19. The molecule has 28 nitrogen and oxygen atoms in total. The maximum Gasteiger partial charge on any atom is 0.271 e. The zero-order chi connectivity index (χ0) is 51.5. The van der Waals surface area contributed by atoms with Crippen LogP contribution in [0.3, 0.4) is 0 Å². The van der Waals surface area contributed by atoms with E-state index in [1.165, 1.54) is 40.6 Å². The van der Waals surface area contributed by atoms with Gasteiger partial charge in [-0.25, -0.2) is 9.97 Å². The van der Waals surface area contributed by atoms with Gasteiger partial charge in [-0.1, -0.05) is 72.9 Å². The molecule has 0 fully saturated rings. The Labute approximate surface area is 403 Å². The van der Waals surface area contributed by atoms with E-state index in [-0.39, 0.29) is 24.0 Å². The highest BCUT2D eigenvalue weighted by molar-refractivity contribution is 5.99. The molecule has 24 N–H and O–H groups in total. The van der Waals surface area contributed by atoms with Crippen molar-refractivity contribution in [1.29, 1.82) is 21.6 Å². The monoisotopic (exact) mass is 973 g/mol. The van der Waals surface area contributed by atoms with Crippen molar-refractivity contribution >= 4 is 65.2 Å². The van der Waals surface area contributed by atoms with E-state index in [0.717, 1.165) is 28.7 Å². The van der Waals surface area contributed by atoms with Gasteiger partial charge in [-0.05, 0) is 57.6 Å². The molecule has 7 atom stereocenters. The molecule has 2 aromatic rings. The fourth-order valence-electron chi connectivity index (χ4n) is 7.74. The predicted molar refractivity (Wildman–Crippen MR) is 256 cm³/mol. The van der Waals surface area contributed by atoms with E-state index >= 15 is 0 Å². The van der Waals surface area contributed by atoms with Gasteiger partial charge in [0.15, 0.2) is 48.5 Å². The second kappa shape index (κ2) is 22.3. The minimum Gasteiger partial charge on any atom is -0.370 e. The molecule has 0 bridgehead atoms. The van der Waals surface area contributed by atoms with Crippen LogP contribution in [-0.2, 0) is 28.8 Å². The Hall–Kier alpha value is -9.86. The molecule has 1 heterocycles. The number of amides is 6. The molecule has 6 amide bonds. The molecule has 0 spiro atoms. The minimum absolute atomic E-state index is 0.0216. The maximum atomic E-state index is 14.3. The Morgan fingerprint density at radius 3 is 1.73 bits per heavy atom. The first-order chi connectivity index (χ1) is 33.8. The fraction of sp³-hybridized carbons (Fsp3) is 0.209. The topological polar surface area (TPSA) is 485 Å². The van der Waals surface area contributed by atoms with Crippen LogP contribution < -0.4 is 81.4 Å². The summed E-state index contributed by atoms with van der Waals surface area (Å²) in [6.07, 6.45) is 9.94. The third-order valence-corrected chi connectivity index (χ3v) is 10.7. The average molecular weight is 974 g/mol. The largest absolute Gasteiger partial charge is 0.370 e. The number of anilines is 1. The number of hydrogen-bond acceptors (Lipinski definition) is 14. The van der Waals surface area contributed by atoms with Crippen molar-refractivity contribution in [3.63, 3.8) is 0 Å². The van der Waals surface area contributed by atoms with Crippen LogP contribution in [0.2, 0.25) is 0 Å². The Balaban J connectivity index is 1.23. The van der Waals surface area contributed by atoms with E-state index in [1.54, 1.807) is 24.3 Å². The summed E-state index contributed by atoms with van der Waals surface area (Å²) in [4.78, 5) is 91.0. The van der Waals surface area contributed by atoms with E-state index in [4.69, 9.17) is 50.3 Å². The van der Waals surface area contributed by atoms with Gasteiger partial charge in [0.1, 0.15) is 6.04 Å². The van der Waals surface area contributed by atoms with Crippen molar-refractivity contribution in [3.05, 3.63) is 136 Å². The van der Waals surface area contributed by atoms with Crippen molar-refractivity contribution in [2.45, 2.75) is 43.4 Å². The number of aliphatic hydroxyl groups excluding tert-OH is 1. The van der Waals surface area contributed by atoms with E-state index < -0.39 is 96.2 Å². The van der Waals surface area contributed by atoms with Gasteiger partial charge in [0, 0.05) is 24.9 Å². The molecule has 0 radical (unpaired) electrons. The molecule has 0 aliphatic heterocycles. The summed E-state index contributed by atoms with van der Waals surface area (Å²) in [5.74, 6) is -11.0. The summed E-state index contributed by atoms with van der Waals surface area (Å²) in [7, 11) is 0. The fourth-order valence-corrected chi connectivity index (χ4v) is 7.74. The van der Waals surface area contributed by atoms with Crippen LogP contribution in [0, 0.1) is 27.6 Å². The van der Waals surface area contributed by atoms with Crippen LogP contribution in [-0.4, -0.2) is 112 Å². The number of guanidine groups is 4. The van der Waals surface area contributed by atoms with Crippen LogP contribution in [0.1, 0.15) is 18.0 Å². The quantitative estimate of drug-likeness (QED) is 0.0335. The maximum absolute atomic E-state index is 14.3.